The van der Waals surface area contributed by atoms with Crippen molar-refractivity contribution in [2.24, 2.45) is 0 Å². The fourth-order valence-corrected chi connectivity index (χ4v) is 3.21. The van der Waals surface area contributed by atoms with Crippen LogP contribution in [0.3, 0.4) is 0 Å². The molecule has 0 unspecified atom stereocenters. The topological polar surface area (TPSA) is 92.3 Å². The van der Waals surface area contributed by atoms with E-state index in [0.29, 0.717) is 0 Å². The van der Waals surface area contributed by atoms with Gasteiger partial charge < -0.3 is 0 Å². The lowest BCUT2D eigenvalue weighted by atomic mass is 10.2. The number of sulfonamides is 2. The zero-order valence-corrected chi connectivity index (χ0v) is 13.9. The summed E-state index contributed by atoms with van der Waals surface area (Å²) in [7, 11) is -7.13. The Hall–Kier alpha value is -2.32. The van der Waals surface area contributed by atoms with Crippen LogP contribution in [0.5, 0.6) is 0 Å². The first-order chi connectivity index (χ1) is 10.7. The molecule has 6 nitrogen and oxygen atoms in total. The molecule has 0 atom stereocenters. The second kappa shape index (κ2) is 6.84. The van der Waals surface area contributed by atoms with Crippen LogP contribution >= 0.6 is 0 Å². The summed E-state index contributed by atoms with van der Waals surface area (Å²) in [5.74, 6) is 0. The van der Waals surface area contributed by atoms with Crippen LogP contribution in [-0.4, -0.2) is 23.1 Å². The maximum atomic E-state index is 12.0. The summed E-state index contributed by atoms with van der Waals surface area (Å²) in [6.45, 7) is 0. The quantitative estimate of drug-likeness (QED) is 0.835. The van der Waals surface area contributed by atoms with Crippen LogP contribution in [0.25, 0.3) is 6.08 Å². The van der Waals surface area contributed by atoms with Gasteiger partial charge in [0.05, 0.1) is 23.0 Å². The Balaban J connectivity index is 2.14. The molecule has 0 saturated carbocycles. The summed E-state index contributed by atoms with van der Waals surface area (Å²) in [4.78, 5) is 0. The van der Waals surface area contributed by atoms with Gasteiger partial charge in [-0.15, -0.1) is 0 Å². The van der Waals surface area contributed by atoms with E-state index >= 15 is 0 Å². The Morgan fingerprint density at radius 2 is 1.43 bits per heavy atom. The summed E-state index contributed by atoms with van der Waals surface area (Å²) < 4.78 is 51.1. The van der Waals surface area contributed by atoms with Gasteiger partial charge in [-0.3, -0.25) is 9.44 Å². The number of benzene rings is 2. The van der Waals surface area contributed by atoms with Crippen molar-refractivity contribution in [3.8, 4) is 0 Å². The van der Waals surface area contributed by atoms with Crippen molar-refractivity contribution >= 4 is 37.5 Å². The van der Waals surface area contributed by atoms with Crippen molar-refractivity contribution in [3.05, 3.63) is 65.6 Å². The standard InChI is InChI=1S/C15H16N2O4S2/c1-22(18,19)16-14-8-5-9-15(12-14)17-23(20,21)11-10-13-6-3-2-4-7-13/h2-12,16-17H,1H3/b11-10+. The Kier molecular flexibility index (Phi) is 5.07. The highest BCUT2D eigenvalue weighted by molar-refractivity contribution is 7.95. The normalized spacial score (nSPS) is 12.2. The summed E-state index contributed by atoms with van der Waals surface area (Å²) in [6, 6.07) is 15.0. The molecule has 122 valence electrons. The van der Waals surface area contributed by atoms with Gasteiger partial charge in [-0.1, -0.05) is 36.4 Å². The van der Waals surface area contributed by atoms with E-state index in [0.717, 1.165) is 17.2 Å². The monoisotopic (exact) mass is 352 g/mol. The molecule has 0 aliphatic heterocycles. The van der Waals surface area contributed by atoms with Crippen molar-refractivity contribution in [3.63, 3.8) is 0 Å². The summed E-state index contributed by atoms with van der Waals surface area (Å²) >= 11 is 0. The van der Waals surface area contributed by atoms with Crippen LogP contribution in [0.2, 0.25) is 0 Å². The molecule has 2 rings (SSSR count). The molecule has 0 fully saturated rings. The zero-order valence-electron chi connectivity index (χ0n) is 12.3. The van der Waals surface area contributed by atoms with E-state index in [-0.39, 0.29) is 11.4 Å². The van der Waals surface area contributed by atoms with E-state index in [1.165, 1.54) is 24.3 Å². The molecular formula is C15H16N2O4S2. The lowest BCUT2D eigenvalue weighted by Crippen LogP contribution is -2.11. The average molecular weight is 352 g/mol. The first-order valence-electron chi connectivity index (χ1n) is 6.57. The molecule has 0 aromatic heterocycles. The summed E-state index contributed by atoms with van der Waals surface area (Å²) in [5.41, 5.74) is 1.29. The molecule has 2 aromatic rings. The summed E-state index contributed by atoms with van der Waals surface area (Å²) in [6.07, 6.45) is 2.49. The molecule has 2 N–H and O–H groups in total. The molecule has 0 radical (unpaired) electrons. The molecule has 0 saturated heterocycles. The van der Waals surface area contributed by atoms with Gasteiger partial charge in [-0.2, -0.15) is 0 Å². The lowest BCUT2D eigenvalue weighted by molar-refractivity contribution is 0.606. The maximum absolute atomic E-state index is 12.0. The largest absolute Gasteiger partial charge is 0.284 e. The highest BCUT2D eigenvalue weighted by Gasteiger charge is 2.07. The van der Waals surface area contributed by atoms with E-state index < -0.39 is 20.0 Å². The number of rotatable bonds is 6. The van der Waals surface area contributed by atoms with Crippen molar-refractivity contribution < 1.29 is 16.8 Å². The molecule has 8 heteroatoms. The van der Waals surface area contributed by atoms with Crippen molar-refractivity contribution in [2.75, 3.05) is 15.7 Å². The third kappa shape index (κ3) is 6.13. The number of hydrogen-bond acceptors (Lipinski definition) is 4. The molecule has 0 amide bonds. The highest BCUT2D eigenvalue weighted by atomic mass is 32.2. The van der Waals surface area contributed by atoms with Gasteiger partial charge in [-0.25, -0.2) is 16.8 Å². The van der Waals surface area contributed by atoms with Crippen LogP contribution < -0.4 is 9.44 Å². The molecule has 0 aliphatic carbocycles. The van der Waals surface area contributed by atoms with Crippen LogP contribution in [0.4, 0.5) is 11.4 Å². The third-order valence-corrected chi connectivity index (χ3v) is 4.29. The van der Waals surface area contributed by atoms with Crippen molar-refractivity contribution in [2.45, 2.75) is 0 Å². The first-order valence-corrected chi connectivity index (χ1v) is 10.0. The van der Waals surface area contributed by atoms with Gasteiger partial charge in [-0.05, 0) is 29.8 Å². The Bertz CT molecular complexity index is 906. The van der Waals surface area contributed by atoms with Crippen molar-refractivity contribution in [1.82, 2.24) is 0 Å². The van der Waals surface area contributed by atoms with Crippen molar-refractivity contribution in [1.29, 1.82) is 0 Å². The number of anilines is 2. The second-order valence-corrected chi connectivity index (χ2v) is 8.13. The van der Waals surface area contributed by atoms with Gasteiger partial charge in [0.15, 0.2) is 0 Å². The number of nitrogens with one attached hydrogen (secondary N) is 2. The van der Waals surface area contributed by atoms with Crippen LogP contribution in [-0.2, 0) is 20.0 Å². The van der Waals surface area contributed by atoms with Gasteiger partial charge in [0, 0.05) is 0 Å². The minimum absolute atomic E-state index is 0.261. The minimum Gasteiger partial charge on any atom is -0.284 e. The predicted octanol–water partition coefficient (Wildman–Crippen LogP) is 2.47. The lowest BCUT2D eigenvalue weighted by Gasteiger charge is -2.08. The molecular weight excluding hydrogens is 336 g/mol. The molecule has 23 heavy (non-hydrogen) atoms. The third-order valence-electron chi connectivity index (χ3n) is 2.67. The second-order valence-electron chi connectivity index (χ2n) is 4.82. The van der Waals surface area contributed by atoms with Gasteiger partial charge >= 0.3 is 0 Å². The highest BCUT2D eigenvalue weighted by Crippen LogP contribution is 2.17. The van der Waals surface area contributed by atoms with Gasteiger partial charge in [0.1, 0.15) is 0 Å². The Labute approximate surface area is 136 Å². The smallest absolute Gasteiger partial charge is 0.255 e. The predicted molar refractivity (Wildman–Crippen MR) is 92.9 cm³/mol. The van der Waals surface area contributed by atoms with E-state index in [1.54, 1.807) is 30.3 Å². The fourth-order valence-electron chi connectivity index (χ4n) is 1.79. The summed E-state index contributed by atoms with van der Waals surface area (Å²) in [5, 5.41) is 1.05. The zero-order chi connectivity index (χ0) is 16.9. The molecule has 0 bridgehead atoms. The Morgan fingerprint density at radius 3 is 2.04 bits per heavy atom. The van der Waals surface area contributed by atoms with E-state index in [9.17, 15) is 16.8 Å². The molecule has 0 spiro atoms. The van der Waals surface area contributed by atoms with E-state index in [1.807, 2.05) is 6.07 Å². The maximum Gasteiger partial charge on any atom is 0.255 e. The number of hydrogen-bond donors (Lipinski definition) is 2. The molecule has 0 aliphatic rings. The van der Waals surface area contributed by atoms with E-state index in [4.69, 9.17) is 0 Å². The molecule has 0 heterocycles. The van der Waals surface area contributed by atoms with Gasteiger partial charge in [0.2, 0.25) is 10.0 Å². The first kappa shape index (κ1) is 17.0. The van der Waals surface area contributed by atoms with E-state index in [2.05, 4.69) is 9.44 Å². The minimum atomic E-state index is -3.70. The van der Waals surface area contributed by atoms with Crippen LogP contribution in [0, 0.1) is 0 Å². The SMILES string of the molecule is CS(=O)(=O)Nc1cccc(NS(=O)(=O)/C=C/c2ccccc2)c1. The molecule has 2 aromatic carbocycles. The Morgan fingerprint density at radius 1 is 0.826 bits per heavy atom. The van der Waals surface area contributed by atoms with Crippen LogP contribution in [0.1, 0.15) is 5.56 Å². The fraction of sp³-hybridized carbons (Fsp3) is 0.0667. The van der Waals surface area contributed by atoms with Crippen LogP contribution in [0.15, 0.2) is 60.0 Å². The average Bonchev–Trinajstić information content (AvgIpc) is 2.44. The van der Waals surface area contributed by atoms with Gasteiger partial charge in [0.25, 0.3) is 10.0 Å².